The Hall–Kier alpha value is -1.80. The third-order valence-corrected chi connectivity index (χ3v) is 4.31. The van der Waals surface area contributed by atoms with Crippen molar-refractivity contribution in [1.82, 2.24) is 15.1 Å². The lowest BCUT2D eigenvalue weighted by atomic mass is 10.0. The lowest BCUT2D eigenvalue weighted by Crippen LogP contribution is -2.22. The van der Waals surface area contributed by atoms with Crippen LogP contribution >= 0.6 is 11.8 Å². The fourth-order valence-corrected chi connectivity index (χ4v) is 3.08. The van der Waals surface area contributed by atoms with Crippen LogP contribution in [0.1, 0.15) is 11.5 Å². The Morgan fingerprint density at radius 2 is 2.23 bits per heavy atom. The minimum atomic E-state index is -0.431. The van der Waals surface area contributed by atoms with Gasteiger partial charge in [0.2, 0.25) is 0 Å². The SMILES string of the molecule is CSc1nc(N)cc(N2C[C@@H](Cc3cc(C)no3)[C@H](O)C2)n1. The summed E-state index contributed by atoms with van der Waals surface area (Å²) in [5.41, 5.74) is 6.68. The molecule has 1 aliphatic rings. The number of aliphatic hydroxyl groups is 1. The fraction of sp³-hybridized carbons (Fsp3) is 0.500. The Labute approximate surface area is 132 Å². The van der Waals surface area contributed by atoms with E-state index >= 15 is 0 Å². The van der Waals surface area contributed by atoms with Crippen molar-refractivity contribution < 1.29 is 9.63 Å². The van der Waals surface area contributed by atoms with E-state index in [-0.39, 0.29) is 5.92 Å². The fourth-order valence-electron chi connectivity index (χ4n) is 2.70. The molecular weight excluding hydrogens is 302 g/mol. The molecule has 0 bridgehead atoms. The standard InChI is InChI=1S/C14H19N5O2S/c1-8-3-10(21-18-8)4-9-6-19(7-11(9)20)13-5-12(15)16-14(17-13)22-2/h3,5,9,11,20H,4,6-7H2,1-2H3,(H2,15,16,17)/t9-,11-/m1/s1. The molecule has 0 amide bonds. The normalized spacial score (nSPS) is 21.5. The van der Waals surface area contributed by atoms with Crippen LogP contribution in [0, 0.1) is 12.8 Å². The molecule has 3 N–H and O–H groups in total. The minimum absolute atomic E-state index is 0.0845. The second kappa shape index (κ2) is 6.13. The second-order valence-electron chi connectivity index (χ2n) is 5.51. The predicted molar refractivity (Wildman–Crippen MR) is 84.9 cm³/mol. The van der Waals surface area contributed by atoms with Crippen LogP contribution in [0.15, 0.2) is 21.8 Å². The van der Waals surface area contributed by atoms with E-state index in [9.17, 15) is 5.11 Å². The van der Waals surface area contributed by atoms with Crippen LogP contribution < -0.4 is 10.6 Å². The topological polar surface area (TPSA) is 101 Å². The molecule has 2 atom stereocenters. The molecule has 1 fully saturated rings. The number of nitrogens with zero attached hydrogens (tertiary/aromatic N) is 4. The predicted octanol–water partition coefficient (Wildman–Crippen LogP) is 1.12. The molecule has 118 valence electrons. The number of β-amino-alcohol motifs (C(OH)–C–C–N with tert-alkyl or cyclic N) is 1. The van der Waals surface area contributed by atoms with Gasteiger partial charge in [0.1, 0.15) is 17.4 Å². The molecular formula is C14H19N5O2S. The summed E-state index contributed by atoms with van der Waals surface area (Å²) in [6.45, 7) is 3.12. The Kier molecular flexibility index (Phi) is 4.21. The van der Waals surface area contributed by atoms with Crippen LogP contribution in [0.3, 0.4) is 0 Å². The van der Waals surface area contributed by atoms with Gasteiger partial charge in [-0.15, -0.1) is 0 Å². The van der Waals surface area contributed by atoms with Crippen LogP contribution in [0.25, 0.3) is 0 Å². The summed E-state index contributed by atoms with van der Waals surface area (Å²) in [6.07, 6.45) is 2.14. The maximum absolute atomic E-state index is 10.3. The van der Waals surface area contributed by atoms with E-state index < -0.39 is 6.10 Å². The van der Waals surface area contributed by atoms with Gasteiger partial charge in [0, 0.05) is 37.6 Å². The lowest BCUT2D eigenvalue weighted by Gasteiger charge is -2.17. The second-order valence-corrected chi connectivity index (χ2v) is 6.28. The number of anilines is 2. The molecule has 0 saturated carbocycles. The Bertz CT molecular complexity index is 662. The third kappa shape index (κ3) is 3.17. The maximum atomic E-state index is 10.3. The Morgan fingerprint density at radius 3 is 2.91 bits per heavy atom. The van der Waals surface area contributed by atoms with Crippen molar-refractivity contribution in [2.75, 3.05) is 30.0 Å². The van der Waals surface area contributed by atoms with Gasteiger partial charge >= 0.3 is 0 Å². The first-order valence-corrected chi connectivity index (χ1v) is 8.31. The summed E-state index contributed by atoms with van der Waals surface area (Å²) in [5.74, 6) is 2.09. The molecule has 0 aliphatic carbocycles. The van der Waals surface area contributed by atoms with Gasteiger partial charge in [-0.25, -0.2) is 9.97 Å². The first-order chi connectivity index (χ1) is 10.5. The van der Waals surface area contributed by atoms with Crippen LogP contribution in [0.5, 0.6) is 0 Å². The van der Waals surface area contributed by atoms with E-state index in [2.05, 4.69) is 15.1 Å². The average Bonchev–Trinajstić information content (AvgIpc) is 3.05. The highest BCUT2D eigenvalue weighted by molar-refractivity contribution is 7.98. The summed E-state index contributed by atoms with van der Waals surface area (Å²) >= 11 is 1.45. The number of thioether (sulfide) groups is 1. The van der Waals surface area contributed by atoms with Crippen LogP contribution in [0.2, 0.25) is 0 Å². The number of nitrogens with two attached hydrogens (primary N) is 1. The number of hydrogen-bond acceptors (Lipinski definition) is 8. The number of hydrogen-bond donors (Lipinski definition) is 2. The van der Waals surface area contributed by atoms with Crippen molar-refractivity contribution in [3.8, 4) is 0 Å². The number of rotatable bonds is 4. The summed E-state index contributed by atoms with van der Waals surface area (Å²) in [7, 11) is 0. The van der Waals surface area contributed by atoms with Crippen LogP contribution in [-0.4, -0.2) is 45.7 Å². The molecule has 2 aromatic rings. The van der Waals surface area contributed by atoms with E-state index in [0.717, 1.165) is 17.3 Å². The monoisotopic (exact) mass is 321 g/mol. The van der Waals surface area contributed by atoms with E-state index in [0.29, 0.717) is 30.5 Å². The third-order valence-electron chi connectivity index (χ3n) is 3.77. The number of aliphatic hydroxyl groups excluding tert-OH is 1. The number of aromatic nitrogens is 3. The summed E-state index contributed by atoms with van der Waals surface area (Å²) < 4.78 is 5.24. The molecule has 8 heteroatoms. The molecule has 0 unspecified atom stereocenters. The molecule has 0 aromatic carbocycles. The largest absolute Gasteiger partial charge is 0.391 e. The van der Waals surface area contributed by atoms with Gasteiger partial charge in [0.25, 0.3) is 0 Å². The molecule has 1 saturated heterocycles. The zero-order valence-corrected chi connectivity index (χ0v) is 13.4. The van der Waals surface area contributed by atoms with E-state index in [1.54, 1.807) is 6.07 Å². The summed E-state index contributed by atoms with van der Waals surface area (Å²) in [5, 5.41) is 14.8. The minimum Gasteiger partial charge on any atom is -0.391 e. The lowest BCUT2D eigenvalue weighted by molar-refractivity contribution is 0.143. The Morgan fingerprint density at radius 1 is 1.41 bits per heavy atom. The number of nitrogen functional groups attached to an aromatic ring is 1. The van der Waals surface area contributed by atoms with Crippen molar-refractivity contribution in [2.45, 2.75) is 24.6 Å². The van der Waals surface area contributed by atoms with Gasteiger partial charge in [-0.2, -0.15) is 0 Å². The van der Waals surface area contributed by atoms with Crippen molar-refractivity contribution in [3.63, 3.8) is 0 Å². The highest BCUT2D eigenvalue weighted by atomic mass is 32.2. The van der Waals surface area contributed by atoms with Gasteiger partial charge in [0.15, 0.2) is 5.16 Å². The summed E-state index contributed by atoms with van der Waals surface area (Å²) in [6, 6.07) is 3.65. The van der Waals surface area contributed by atoms with Gasteiger partial charge in [-0.1, -0.05) is 16.9 Å². The number of aryl methyl sites for hydroxylation is 1. The van der Waals surface area contributed by atoms with Crippen LogP contribution in [0.4, 0.5) is 11.6 Å². The van der Waals surface area contributed by atoms with E-state index in [1.165, 1.54) is 11.8 Å². The van der Waals surface area contributed by atoms with E-state index in [4.69, 9.17) is 10.3 Å². The first kappa shape index (κ1) is 15.1. The van der Waals surface area contributed by atoms with Crippen molar-refractivity contribution in [1.29, 1.82) is 0 Å². The van der Waals surface area contributed by atoms with Gasteiger partial charge in [0.05, 0.1) is 11.8 Å². The summed E-state index contributed by atoms with van der Waals surface area (Å²) in [4.78, 5) is 10.7. The zero-order chi connectivity index (χ0) is 15.7. The average molecular weight is 321 g/mol. The van der Waals surface area contributed by atoms with Crippen molar-refractivity contribution in [3.05, 3.63) is 23.6 Å². The van der Waals surface area contributed by atoms with Gasteiger partial charge in [-0.3, -0.25) is 0 Å². The quantitative estimate of drug-likeness (QED) is 0.638. The van der Waals surface area contributed by atoms with Crippen molar-refractivity contribution >= 4 is 23.4 Å². The van der Waals surface area contributed by atoms with Crippen molar-refractivity contribution in [2.24, 2.45) is 5.92 Å². The Balaban J connectivity index is 1.73. The molecule has 7 nitrogen and oxygen atoms in total. The van der Waals surface area contributed by atoms with E-state index in [1.807, 2.05) is 24.1 Å². The highest BCUT2D eigenvalue weighted by Crippen LogP contribution is 2.27. The van der Waals surface area contributed by atoms with Gasteiger partial charge in [-0.05, 0) is 13.2 Å². The molecule has 22 heavy (non-hydrogen) atoms. The molecule has 0 spiro atoms. The zero-order valence-electron chi connectivity index (χ0n) is 12.6. The molecule has 3 rings (SSSR count). The van der Waals surface area contributed by atoms with Gasteiger partial charge < -0.3 is 20.3 Å². The highest BCUT2D eigenvalue weighted by Gasteiger charge is 2.33. The first-order valence-electron chi connectivity index (χ1n) is 7.09. The molecule has 3 heterocycles. The molecule has 2 aromatic heterocycles. The molecule has 1 aliphatic heterocycles. The molecule has 0 radical (unpaired) electrons. The smallest absolute Gasteiger partial charge is 0.191 e. The van der Waals surface area contributed by atoms with Crippen LogP contribution in [-0.2, 0) is 6.42 Å². The maximum Gasteiger partial charge on any atom is 0.191 e.